The number of methoxy groups -OCH3 is 2. The number of aryl methyl sites for hydroxylation is 1. The number of nitrogens with one attached hydrogen (secondary N) is 3. The van der Waals surface area contributed by atoms with E-state index in [9.17, 15) is 40.8 Å². The van der Waals surface area contributed by atoms with Gasteiger partial charge in [-0.3, -0.25) is 14.4 Å². The Bertz CT molecular complexity index is 2350. The molecule has 19 heteroatoms. The molecule has 3 heterocycles. The lowest BCUT2D eigenvalue weighted by Crippen LogP contribution is -2.68. The molecule has 0 bridgehead atoms. The van der Waals surface area contributed by atoms with Gasteiger partial charge in [0.25, 0.3) is 5.91 Å². The summed E-state index contributed by atoms with van der Waals surface area (Å²) < 4.78 is 94.5. The zero-order valence-electron chi connectivity index (χ0n) is 36.0. The second-order valence-electron chi connectivity index (χ2n) is 17.6. The summed E-state index contributed by atoms with van der Waals surface area (Å²) >= 11 is 0. The minimum Gasteiger partial charge on any atom is -0.497 e. The van der Waals surface area contributed by atoms with E-state index in [1.807, 2.05) is 0 Å². The molecule has 2 aliphatic carbocycles. The number of halogens is 3. The molecule has 2 fully saturated rings. The number of benzene rings is 1. The highest BCUT2D eigenvalue weighted by Crippen LogP contribution is 2.49. The van der Waals surface area contributed by atoms with Gasteiger partial charge in [-0.05, 0) is 83.9 Å². The van der Waals surface area contributed by atoms with Gasteiger partial charge in [0, 0.05) is 24.5 Å². The smallest absolute Gasteiger partial charge is 0.437 e. The van der Waals surface area contributed by atoms with Crippen LogP contribution in [0.3, 0.4) is 0 Å². The Kier molecular flexibility index (Phi) is 13.2. The molecule has 2 aliphatic heterocycles. The van der Waals surface area contributed by atoms with Crippen LogP contribution in [0.5, 0.6) is 11.5 Å². The molecule has 6 rings (SSSR count). The number of pyridine rings is 1. The van der Waals surface area contributed by atoms with Crippen molar-refractivity contribution in [3.05, 3.63) is 54.8 Å². The average Bonchev–Trinajstić information content (AvgIpc) is 3.91. The van der Waals surface area contributed by atoms with Gasteiger partial charge in [0.15, 0.2) is 17.0 Å². The van der Waals surface area contributed by atoms with E-state index in [1.165, 1.54) is 32.4 Å². The molecule has 1 aromatic carbocycles. The number of alkyl halides is 3. The predicted octanol–water partition coefficient (Wildman–Crippen LogP) is 5.26. The van der Waals surface area contributed by atoms with Crippen molar-refractivity contribution in [2.45, 2.75) is 125 Å². The van der Waals surface area contributed by atoms with E-state index < -0.39 is 97.5 Å². The summed E-state index contributed by atoms with van der Waals surface area (Å²) in [4.78, 5) is 62.0. The number of nitrogens with zero attached hydrogens (tertiary/aromatic N) is 2. The third-order valence-electron chi connectivity index (χ3n) is 11.9. The maximum Gasteiger partial charge on any atom is 0.437 e. The maximum absolute atomic E-state index is 14.9. The van der Waals surface area contributed by atoms with E-state index in [0.29, 0.717) is 30.4 Å². The van der Waals surface area contributed by atoms with Crippen molar-refractivity contribution in [3.8, 4) is 23.3 Å². The van der Waals surface area contributed by atoms with E-state index in [4.69, 9.17) is 18.9 Å². The standard InChI is InChI=1S/C44H54F3N5O10S/c1-8-10-11-12-13-14-32(49-39(56)62-40(3,4)5)37(54)52-25-41(19-18-29-30-23-28(60-7)15-16-31(30)48-35(34(29)61-41)44(45,46)47)24-33(52)36(53)50-43(20-17-27(43)9-2)38(55)51-63(57,58)42(21-22-42)26-59-6/h8-9,15-16,23,27,32-33H,1-2,10-14,18-19,21-22,24-26H2,3-7H3,(H,49,56)(H,50,53)(H,51,55). The number of hydrogen-bond donors (Lipinski definition) is 3. The van der Waals surface area contributed by atoms with Gasteiger partial charge in [0.1, 0.15) is 33.8 Å². The summed E-state index contributed by atoms with van der Waals surface area (Å²) in [5.74, 6) is 1.17. The molecule has 4 aliphatic rings. The summed E-state index contributed by atoms with van der Waals surface area (Å²) in [6.07, 6.45) is -0.0562. The van der Waals surface area contributed by atoms with Gasteiger partial charge in [0.05, 0.1) is 31.7 Å². The van der Waals surface area contributed by atoms with E-state index in [1.54, 1.807) is 32.9 Å². The molecule has 0 radical (unpaired) electrons. The first kappa shape index (κ1) is 47.1. The molecule has 2 aromatic rings. The van der Waals surface area contributed by atoms with Crippen LogP contribution in [0.1, 0.15) is 89.8 Å². The third kappa shape index (κ3) is 9.62. The van der Waals surface area contributed by atoms with Crippen LogP contribution >= 0.6 is 0 Å². The largest absolute Gasteiger partial charge is 0.497 e. The van der Waals surface area contributed by atoms with Crippen molar-refractivity contribution >= 4 is 44.7 Å². The van der Waals surface area contributed by atoms with Crippen LogP contribution < -0.4 is 24.8 Å². The van der Waals surface area contributed by atoms with Gasteiger partial charge in [-0.1, -0.05) is 36.8 Å². The normalized spacial score (nSPS) is 23.8. The predicted molar refractivity (Wildman–Crippen MR) is 225 cm³/mol. The van der Waals surface area contributed by atoms with Crippen LogP contribution in [0, 0.1) is 17.8 Å². The number of sulfonamides is 1. The lowest BCUT2D eigenvalue weighted by Gasteiger charge is -2.38. The Morgan fingerprint density at radius 3 is 2.41 bits per heavy atom. The number of carbonyl (C=O) groups is 4. The first-order valence-corrected chi connectivity index (χ1v) is 22.3. The molecular formula is C44H54F3N5O10S. The van der Waals surface area contributed by atoms with Crippen LogP contribution in [-0.2, 0) is 46.5 Å². The molecule has 1 spiro atoms. The Morgan fingerprint density at radius 1 is 1.10 bits per heavy atom. The Balaban J connectivity index is 1.39. The van der Waals surface area contributed by atoms with Gasteiger partial charge >= 0.3 is 12.3 Å². The fraction of sp³-hybridized carbons (Fsp3) is 0.568. The molecule has 5 atom stereocenters. The monoisotopic (exact) mass is 901 g/mol. The van der Waals surface area contributed by atoms with Crippen LogP contribution in [-0.4, -0.2) is 103 Å². The lowest BCUT2D eigenvalue weighted by molar-refractivity contribution is -0.144. The second kappa shape index (κ2) is 17.7. The summed E-state index contributed by atoms with van der Waals surface area (Å²) in [6, 6.07) is 1.68. The fourth-order valence-electron chi connectivity index (χ4n) is 8.36. The van der Waals surface area contributed by atoms with Gasteiger partial charge in [-0.25, -0.2) is 22.9 Å². The highest BCUT2D eigenvalue weighted by Gasteiger charge is 2.60. The van der Waals surface area contributed by atoms with Gasteiger partial charge in [0.2, 0.25) is 21.8 Å². The molecule has 15 nitrogen and oxygen atoms in total. The van der Waals surface area contributed by atoms with Crippen molar-refractivity contribution in [1.29, 1.82) is 0 Å². The lowest BCUT2D eigenvalue weighted by atomic mass is 9.76. The summed E-state index contributed by atoms with van der Waals surface area (Å²) in [5.41, 5.74) is -5.74. The average molecular weight is 902 g/mol. The number of carbonyl (C=O) groups excluding carboxylic acids is 4. The Morgan fingerprint density at radius 2 is 1.83 bits per heavy atom. The molecule has 63 heavy (non-hydrogen) atoms. The summed E-state index contributed by atoms with van der Waals surface area (Å²) in [7, 11) is -1.59. The minimum atomic E-state index is -4.97. The zero-order valence-corrected chi connectivity index (χ0v) is 36.9. The van der Waals surface area contributed by atoms with Crippen molar-refractivity contribution in [2.24, 2.45) is 5.92 Å². The van der Waals surface area contributed by atoms with Crippen LogP contribution in [0.25, 0.3) is 10.9 Å². The van der Waals surface area contributed by atoms with Gasteiger partial charge in [-0.2, -0.15) is 13.2 Å². The Hall–Kier alpha value is -5.35. The molecule has 342 valence electrons. The number of hydrogen-bond acceptors (Lipinski definition) is 11. The first-order chi connectivity index (χ1) is 29.6. The number of alkyl carbamates (subject to hydrolysis) is 1. The minimum absolute atomic E-state index is 0.0152. The molecule has 4 amide bonds. The van der Waals surface area contributed by atoms with Crippen molar-refractivity contribution in [1.82, 2.24) is 25.2 Å². The summed E-state index contributed by atoms with van der Waals surface area (Å²) in [5, 5.41) is 5.61. The number of fused-ring (bicyclic) bond motifs is 3. The number of aromatic nitrogens is 1. The second-order valence-corrected chi connectivity index (χ2v) is 19.7. The number of ether oxygens (including phenoxy) is 4. The molecular weight excluding hydrogens is 848 g/mol. The van der Waals surface area contributed by atoms with E-state index in [0.717, 1.165) is 11.3 Å². The van der Waals surface area contributed by atoms with E-state index in [-0.39, 0.29) is 56.2 Å². The van der Waals surface area contributed by atoms with Crippen molar-refractivity contribution in [2.75, 3.05) is 27.4 Å². The SMILES string of the molecule is C=CCCCCCC(NC(=O)OC(C)(C)C)C(=O)N1CC2(CCc3c(c(C(F)(F)F)nc4ccc(OC)cc34)O2)CC1C(=O)NC1(C(=O)NS(=O)(=O)C2(COC)CC2)C#CC1C=C. The van der Waals surface area contributed by atoms with Crippen molar-refractivity contribution in [3.63, 3.8) is 0 Å². The molecule has 1 saturated heterocycles. The number of amides is 4. The fourth-order valence-corrected chi connectivity index (χ4v) is 9.89. The molecule has 5 unspecified atom stereocenters. The number of rotatable bonds is 17. The Labute approximate surface area is 364 Å². The highest BCUT2D eigenvalue weighted by atomic mass is 32.2. The number of allylic oxidation sites excluding steroid dienone is 1. The molecule has 1 saturated carbocycles. The van der Waals surface area contributed by atoms with E-state index >= 15 is 0 Å². The molecule has 3 N–H and O–H groups in total. The first-order valence-electron chi connectivity index (χ1n) is 20.8. The molecule has 1 aromatic heterocycles. The highest BCUT2D eigenvalue weighted by molar-refractivity contribution is 7.91. The number of unbranched alkanes of at least 4 members (excludes halogenated alkanes) is 3. The quantitative estimate of drug-likeness (QED) is 0.107. The van der Waals surface area contributed by atoms with Crippen LogP contribution in [0.4, 0.5) is 18.0 Å². The van der Waals surface area contributed by atoms with Crippen LogP contribution in [0.15, 0.2) is 43.5 Å². The summed E-state index contributed by atoms with van der Waals surface area (Å²) in [6.45, 7) is 11.8. The topological polar surface area (TPSA) is 192 Å². The number of likely N-dealkylation sites (tertiary alicyclic amines) is 1. The third-order valence-corrected chi connectivity index (χ3v) is 14.0. The zero-order chi connectivity index (χ0) is 46.2. The van der Waals surface area contributed by atoms with Gasteiger partial charge in [-0.15, -0.1) is 13.2 Å². The maximum atomic E-state index is 14.9. The van der Waals surface area contributed by atoms with Crippen LogP contribution in [0.2, 0.25) is 0 Å². The van der Waals surface area contributed by atoms with Gasteiger partial charge < -0.3 is 34.5 Å². The van der Waals surface area contributed by atoms with Crippen molar-refractivity contribution < 1.29 is 59.7 Å². The van der Waals surface area contributed by atoms with E-state index in [2.05, 4.69) is 45.3 Å².